The lowest BCUT2D eigenvalue weighted by Crippen LogP contribution is -2.30. The average molecular weight is 287 g/mol. The van der Waals surface area contributed by atoms with E-state index >= 15 is 0 Å². The van der Waals surface area contributed by atoms with Gasteiger partial charge in [-0.2, -0.15) is 0 Å². The van der Waals surface area contributed by atoms with Crippen LogP contribution in [0.25, 0.3) is 0 Å². The number of carbonyl (C=O) groups excluding carboxylic acids is 1. The van der Waals surface area contributed by atoms with Crippen LogP contribution in [0.1, 0.15) is 12.5 Å². The first-order valence-electron chi connectivity index (χ1n) is 6.40. The Bertz CT molecular complexity index is 570. The standard InChI is InChI=1S/C16H17NO2S/c1-12(17)16(18)19-14-9-5-6-10-15(14)20-11-13-7-3-2-4-8-13/h2-10,12H,11,17H2,1H3/t12-/m0/s1. The van der Waals surface area contributed by atoms with Crippen molar-refractivity contribution in [1.82, 2.24) is 0 Å². The summed E-state index contributed by atoms with van der Waals surface area (Å²) < 4.78 is 5.31. The van der Waals surface area contributed by atoms with Crippen molar-refractivity contribution in [3.8, 4) is 5.75 Å². The van der Waals surface area contributed by atoms with Gasteiger partial charge in [-0.3, -0.25) is 0 Å². The van der Waals surface area contributed by atoms with Crippen molar-refractivity contribution in [3.63, 3.8) is 0 Å². The minimum atomic E-state index is -0.623. The van der Waals surface area contributed by atoms with Crippen LogP contribution in [-0.4, -0.2) is 12.0 Å². The summed E-state index contributed by atoms with van der Waals surface area (Å²) in [6.07, 6.45) is 0. The molecule has 0 aliphatic carbocycles. The number of hydrogen-bond acceptors (Lipinski definition) is 4. The van der Waals surface area contributed by atoms with E-state index in [1.807, 2.05) is 36.4 Å². The highest BCUT2D eigenvalue weighted by Crippen LogP contribution is 2.31. The number of esters is 1. The first-order valence-corrected chi connectivity index (χ1v) is 7.38. The van der Waals surface area contributed by atoms with Crippen LogP contribution in [0.5, 0.6) is 5.75 Å². The Balaban J connectivity index is 2.06. The van der Waals surface area contributed by atoms with E-state index in [9.17, 15) is 4.79 Å². The minimum Gasteiger partial charge on any atom is -0.424 e. The molecule has 0 amide bonds. The van der Waals surface area contributed by atoms with Gasteiger partial charge in [0.25, 0.3) is 0 Å². The lowest BCUT2D eigenvalue weighted by atomic mass is 10.2. The van der Waals surface area contributed by atoms with Gasteiger partial charge in [-0.1, -0.05) is 42.5 Å². The molecule has 0 unspecified atom stereocenters. The summed E-state index contributed by atoms with van der Waals surface area (Å²) in [5.74, 6) is 0.974. The van der Waals surface area contributed by atoms with Crippen LogP contribution < -0.4 is 10.5 Å². The molecule has 3 nitrogen and oxygen atoms in total. The summed E-state index contributed by atoms with van der Waals surface area (Å²) in [6.45, 7) is 1.61. The predicted molar refractivity (Wildman–Crippen MR) is 81.7 cm³/mol. The number of rotatable bonds is 5. The number of carbonyl (C=O) groups is 1. The van der Waals surface area contributed by atoms with Gasteiger partial charge in [-0.05, 0) is 24.6 Å². The fourth-order valence-corrected chi connectivity index (χ4v) is 2.53. The molecule has 0 radical (unpaired) electrons. The van der Waals surface area contributed by atoms with Gasteiger partial charge in [0, 0.05) is 5.75 Å². The number of thioether (sulfide) groups is 1. The zero-order chi connectivity index (χ0) is 14.4. The molecular weight excluding hydrogens is 270 g/mol. The maximum Gasteiger partial charge on any atom is 0.328 e. The van der Waals surface area contributed by atoms with E-state index < -0.39 is 12.0 Å². The topological polar surface area (TPSA) is 52.3 Å². The molecule has 0 saturated heterocycles. The van der Waals surface area contributed by atoms with E-state index in [1.54, 1.807) is 24.8 Å². The molecule has 2 aromatic carbocycles. The zero-order valence-corrected chi connectivity index (χ0v) is 12.1. The Labute approximate surface area is 123 Å². The van der Waals surface area contributed by atoms with Gasteiger partial charge in [0.15, 0.2) is 0 Å². The highest BCUT2D eigenvalue weighted by Gasteiger charge is 2.13. The number of para-hydroxylation sites is 1. The van der Waals surface area contributed by atoms with E-state index in [2.05, 4.69) is 12.1 Å². The molecule has 0 bridgehead atoms. The van der Waals surface area contributed by atoms with Crippen molar-refractivity contribution in [3.05, 3.63) is 60.2 Å². The Morgan fingerprint density at radius 1 is 1.15 bits per heavy atom. The largest absolute Gasteiger partial charge is 0.424 e. The maximum absolute atomic E-state index is 11.6. The van der Waals surface area contributed by atoms with Gasteiger partial charge in [0.05, 0.1) is 4.90 Å². The van der Waals surface area contributed by atoms with E-state index in [0.29, 0.717) is 5.75 Å². The van der Waals surface area contributed by atoms with E-state index in [4.69, 9.17) is 10.5 Å². The van der Waals surface area contributed by atoms with Crippen molar-refractivity contribution < 1.29 is 9.53 Å². The Morgan fingerprint density at radius 2 is 1.80 bits per heavy atom. The Morgan fingerprint density at radius 3 is 2.50 bits per heavy atom. The summed E-state index contributed by atoms with van der Waals surface area (Å²) in [5, 5.41) is 0. The number of hydrogen-bond donors (Lipinski definition) is 1. The Hall–Kier alpha value is -1.78. The molecule has 2 aromatic rings. The maximum atomic E-state index is 11.6. The van der Waals surface area contributed by atoms with Gasteiger partial charge >= 0.3 is 5.97 Å². The molecule has 1 atom stereocenters. The van der Waals surface area contributed by atoms with E-state index in [1.165, 1.54) is 5.56 Å². The second kappa shape index (κ2) is 7.12. The minimum absolute atomic E-state index is 0.419. The molecule has 0 aromatic heterocycles. The van der Waals surface area contributed by atoms with E-state index in [-0.39, 0.29) is 0 Å². The van der Waals surface area contributed by atoms with Crippen molar-refractivity contribution in [2.75, 3.05) is 0 Å². The summed E-state index contributed by atoms with van der Waals surface area (Å²) in [7, 11) is 0. The fourth-order valence-electron chi connectivity index (χ4n) is 1.59. The third kappa shape index (κ3) is 4.11. The first kappa shape index (κ1) is 14.6. The lowest BCUT2D eigenvalue weighted by Gasteiger charge is -2.11. The summed E-state index contributed by atoms with van der Waals surface area (Å²) >= 11 is 1.64. The van der Waals surface area contributed by atoms with Gasteiger partial charge in [0.2, 0.25) is 0 Å². The molecule has 4 heteroatoms. The molecule has 0 spiro atoms. The lowest BCUT2D eigenvalue weighted by molar-refractivity contribution is -0.135. The average Bonchev–Trinajstić information content (AvgIpc) is 2.47. The second-order valence-corrected chi connectivity index (χ2v) is 5.45. The van der Waals surface area contributed by atoms with Crippen molar-refractivity contribution in [1.29, 1.82) is 0 Å². The summed E-state index contributed by atoms with van der Waals surface area (Å²) in [6, 6.07) is 17.0. The van der Waals surface area contributed by atoms with Gasteiger partial charge in [-0.25, -0.2) is 4.79 Å². The quantitative estimate of drug-likeness (QED) is 0.521. The first-order chi connectivity index (χ1) is 9.66. The molecular formula is C16H17NO2S. The Kier molecular flexibility index (Phi) is 5.21. The van der Waals surface area contributed by atoms with Crippen molar-refractivity contribution >= 4 is 17.7 Å². The van der Waals surface area contributed by atoms with Gasteiger partial charge in [-0.15, -0.1) is 11.8 Å². The molecule has 0 fully saturated rings. The summed E-state index contributed by atoms with van der Waals surface area (Å²) in [5.41, 5.74) is 6.75. The van der Waals surface area contributed by atoms with Crippen LogP contribution in [0.2, 0.25) is 0 Å². The number of nitrogens with two attached hydrogens (primary N) is 1. The highest BCUT2D eigenvalue weighted by molar-refractivity contribution is 7.98. The number of ether oxygens (including phenoxy) is 1. The second-order valence-electron chi connectivity index (χ2n) is 4.43. The predicted octanol–water partition coefficient (Wildman–Crippen LogP) is 3.23. The molecule has 104 valence electrons. The molecule has 20 heavy (non-hydrogen) atoms. The van der Waals surface area contributed by atoms with Crippen LogP contribution in [0.4, 0.5) is 0 Å². The molecule has 2 rings (SSSR count). The third-order valence-corrected chi connectivity index (χ3v) is 3.79. The highest BCUT2D eigenvalue weighted by atomic mass is 32.2. The SMILES string of the molecule is C[C@H](N)C(=O)Oc1ccccc1SCc1ccccc1. The van der Waals surface area contributed by atoms with E-state index in [0.717, 1.165) is 10.6 Å². The molecule has 0 saturated carbocycles. The smallest absolute Gasteiger partial charge is 0.328 e. The fraction of sp³-hybridized carbons (Fsp3) is 0.188. The normalized spacial score (nSPS) is 11.9. The molecule has 2 N–H and O–H groups in total. The van der Waals surface area contributed by atoms with Crippen LogP contribution in [-0.2, 0) is 10.5 Å². The van der Waals surface area contributed by atoms with Crippen molar-refractivity contribution in [2.24, 2.45) is 5.73 Å². The van der Waals surface area contributed by atoms with Crippen LogP contribution in [0.15, 0.2) is 59.5 Å². The molecule has 0 aliphatic rings. The van der Waals surface area contributed by atoms with Gasteiger partial charge < -0.3 is 10.5 Å². The summed E-state index contributed by atoms with van der Waals surface area (Å²) in [4.78, 5) is 12.5. The molecule has 0 heterocycles. The van der Waals surface area contributed by atoms with Crippen LogP contribution >= 0.6 is 11.8 Å². The van der Waals surface area contributed by atoms with Crippen LogP contribution in [0.3, 0.4) is 0 Å². The van der Waals surface area contributed by atoms with Crippen molar-refractivity contribution in [2.45, 2.75) is 23.6 Å². The zero-order valence-electron chi connectivity index (χ0n) is 11.3. The monoisotopic (exact) mass is 287 g/mol. The number of benzene rings is 2. The van der Waals surface area contributed by atoms with Gasteiger partial charge in [0.1, 0.15) is 11.8 Å². The third-order valence-electron chi connectivity index (χ3n) is 2.67. The van der Waals surface area contributed by atoms with Crippen LogP contribution in [0, 0.1) is 0 Å². The molecule has 0 aliphatic heterocycles.